The summed E-state index contributed by atoms with van der Waals surface area (Å²) < 4.78 is 41.3. The van der Waals surface area contributed by atoms with Gasteiger partial charge in [0.25, 0.3) is 5.91 Å². The van der Waals surface area contributed by atoms with Gasteiger partial charge in [0.05, 0.1) is 17.7 Å². The van der Waals surface area contributed by atoms with Gasteiger partial charge in [0.1, 0.15) is 5.15 Å². The quantitative estimate of drug-likeness (QED) is 0.675. The van der Waals surface area contributed by atoms with Crippen molar-refractivity contribution in [1.29, 1.82) is 0 Å². The van der Waals surface area contributed by atoms with E-state index in [4.69, 9.17) is 11.6 Å². The largest absolute Gasteiger partial charge is 0.420 e. The number of alkyl halides is 3. The summed E-state index contributed by atoms with van der Waals surface area (Å²) in [6, 6.07) is 0.489. The molecule has 2 aromatic heterocycles. The lowest BCUT2D eigenvalue weighted by Gasteiger charge is -2.40. The molecule has 7 nitrogen and oxygen atoms in total. The van der Waals surface area contributed by atoms with Gasteiger partial charge in [-0.05, 0) is 34.8 Å². The predicted molar refractivity (Wildman–Crippen MR) is 104 cm³/mol. The van der Waals surface area contributed by atoms with Crippen molar-refractivity contribution in [3.05, 3.63) is 33.1 Å². The lowest BCUT2D eigenvalue weighted by molar-refractivity contribution is -0.136. The Morgan fingerprint density at radius 1 is 1.33 bits per heavy atom. The van der Waals surface area contributed by atoms with Gasteiger partial charge in [0.2, 0.25) is 5.91 Å². The third-order valence-corrected chi connectivity index (χ3v) is 6.28. The minimum atomic E-state index is -4.68. The molecule has 0 radical (unpaired) electrons. The molecular weight excluding hydrogens is 493 g/mol. The van der Waals surface area contributed by atoms with Crippen LogP contribution < -0.4 is 0 Å². The van der Waals surface area contributed by atoms with Crippen LogP contribution in [0.4, 0.5) is 13.2 Å². The molecule has 2 aliphatic heterocycles. The van der Waals surface area contributed by atoms with Crippen LogP contribution in [0.5, 0.6) is 0 Å². The van der Waals surface area contributed by atoms with Gasteiger partial charge in [-0.1, -0.05) is 11.6 Å². The van der Waals surface area contributed by atoms with Crippen LogP contribution >= 0.6 is 27.5 Å². The van der Waals surface area contributed by atoms with Crippen LogP contribution in [0.15, 0.2) is 16.7 Å². The highest BCUT2D eigenvalue weighted by Crippen LogP contribution is 2.36. The fraction of sp³-hybridized carbons (Fsp3) is 0.500. The summed E-state index contributed by atoms with van der Waals surface area (Å²) >= 11 is 9.22. The molecule has 1 N–H and O–H groups in total. The summed E-state index contributed by atoms with van der Waals surface area (Å²) in [6.07, 6.45) is -2.80. The number of nitrogens with zero attached hydrogens (tertiary/aromatic N) is 4. The van der Waals surface area contributed by atoms with Crippen LogP contribution in [0.2, 0.25) is 5.15 Å². The number of imidazole rings is 1. The molecule has 162 valence electrons. The summed E-state index contributed by atoms with van der Waals surface area (Å²) in [5, 5.41) is 10.3. The number of rotatable bonds is 2. The zero-order chi connectivity index (χ0) is 21.8. The number of fused-ring (bicyclic) bond motifs is 1. The smallest absolute Gasteiger partial charge is 0.389 e. The lowest BCUT2D eigenvalue weighted by Crippen LogP contribution is -2.55. The Morgan fingerprint density at radius 3 is 2.67 bits per heavy atom. The maximum Gasteiger partial charge on any atom is 0.420 e. The molecule has 0 spiro atoms. The molecule has 0 aromatic carbocycles. The van der Waals surface area contributed by atoms with Crippen LogP contribution in [0.3, 0.4) is 0 Å². The van der Waals surface area contributed by atoms with Crippen LogP contribution in [0.25, 0.3) is 5.65 Å². The molecule has 2 aromatic rings. The van der Waals surface area contributed by atoms with Gasteiger partial charge >= 0.3 is 6.18 Å². The molecule has 2 amide bonds. The van der Waals surface area contributed by atoms with Gasteiger partial charge in [-0.15, -0.1) is 0 Å². The number of β-amino-alcohol motifs (C(OH)–C–C–N with tert-alkyl or cyclic N) is 1. The first kappa shape index (κ1) is 21.4. The molecule has 0 unspecified atom stereocenters. The highest BCUT2D eigenvalue weighted by Gasteiger charge is 2.40. The van der Waals surface area contributed by atoms with Crippen molar-refractivity contribution in [2.45, 2.75) is 37.6 Å². The molecule has 2 fully saturated rings. The SMILES string of the molecule is O=C(c1nc2c(C(F)(F)F)cc(Br)cn2c1Cl)N1CC[C@H](N2CCCC2=O)[C@H](O)C1. The number of carbonyl (C=O) groups excluding carboxylic acids is 2. The number of likely N-dealkylation sites (tertiary alicyclic amines) is 2. The highest BCUT2D eigenvalue weighted by atomic mass is 79.9. The first-order chi connectivity index (χ1) is 14.1. The molecule has 2 atom stereocenters. The summed E-state index contributed by atoms with van der Waals surface area (Å²) in [7, 11) is 0. The standard InChI is InChI=1S/C18H17BrClF3N4O3/c19-9-6-10(18(21,22)23)16-24-14(15(20)27(16)7-9)17(30)25-5-3-11(12(28)8-25)26-4-1-2-13(26)29/h6-7,11-12,28H,1-5,8H2/t11-,12+/m0/s1. The summed E-state index contributed by atoms with van der Waals surface area (Å²) in [5.74, 6) is -0.689. The van der Waals surface area contributed by atoms with Gasteiger partial charge in [-0.25, -0.2) is 4.98 Å². The Kier molecular flexibility index (Phi) is 5.48. The van der Waals surface area contributed by atoms with Crippen LogP contribution in [-0.2, 0) is 11.0 Å². The number of pyridine rings is 1. The number of aliphatic hydroxyl groups is 1. The van der Waals surface area contributed by atoms with Gasteiger partial charge < -0.3 is 14.9 Å². The average molecular weight is 510 g/mol. The predicted octanol–water partition coefficient (Wildman–Crippen LogP) is 2.97. The maximum atomic E-state index is 13.4. The van der Waals surface area contributed by atoms with E-state index in [1.54, 1.807) is 4.90 Å². The molecule has 2 aliphatic rings. The van der Waals surface area contributed by atoms with E-state index in [2.05, 4.69) is 20.9 Å². The highest BCUT2D eigenvalue weighted by molar-refractivity contribution is 9.10. The molecule has 0 aliphatic carbocycles. The fourth-order valence-electron chi connectivity index (χ4n) is 4.07. The van der Waals surface area contributed by atoms with E-state index < -0.39 is 29.4 Å². The molecule has 2 saturated heterocycles. The zero-order valence-electron chi connectivity index (χ0n) is 15.5. The number of hydrogen-bond acceptors (Lipinski definition) is 4. The fourth-order valence-corrected chi connectivity index (χ4v) is 4.75. The molecule has 4 heterocycles. The van der Waals surface area contributed by atoms with Crippen molar-refractivity contribution >= 4 is 45.0 Å². The minimum absolute atomic E-state index is 0.0209. The first-order valence-electron chi connectivity index (χ1n) is 9.29. The molecule has 12 heteroatoms. The van der Waals surface area contributed by atoms with Crippen molar-refractivity contribution < 1.29 is 27.9 Å². The number of halogens is 5. The second kappa shape index (κ2) is 7.69. The van der Waals surface area contributed by atoms with E-state index >= 15 is 0 Å². The number of amides is 2. The maximum absolute atomic E-state index is 13.4. The van der Waals surface area contributed by atoms with E-state index in [1.807, 2.05) is 0 Å². The number of aliphatic hydroxyl groups excluding tert-OH is 1. The number of piperidine rings is 1. The van der Waals surface area contributed by atoms with Crippen molar-refractivity contribution in [2.24, 2.45) is 0 Å². The zero-order valence-corrected chi connectivity index (χ0v) is 17.8. The van der Waals surface area contributed by atoms with E-state index in [-0.39, 0.29) is 40.4 Å². The number of aromatic nitrogens is 2. The topological polar surface area (TPSA) is 78.2 Å². The second-order valence-electron chi connectivity index (χ2n) is 7.38. The van der Waals surface area contributed by atoms with Gasteiger partial charge in [0, 0.05) is 36.7 Å². The van der Waals surface area contributed by atoms with Gasteiger partial charge in [0.15, 0.2) is 11.3 Å². The summed E-state index contributed by atoms with van der Waals surface area (Å²) in [4.78, 5) is 31.7. The van der Waals surface area contributed by atoms with Crippen molar-refractivity contribution in [3.8, 4) is 0 Å². The third-order valence-electron chi connectivity index (χ3n) is 5.48. The van der Waals surface area contributed by atoms with E-state index in [0.29, 0.717) is 19.4 Å². The van der Waals surface area contributed by atoms with E-state index in [9.17, 15) is 27.9 Å². The molecule has 0 bridgehead atoms. The van der Waals surface area contributed by atoms with Crippen molar-refractivity contribution in [3.63, 3.8) is 0 Å². The number of hydrogen-bond donors (Lipinski definition) is 1. The monoisotopic (exact) mass is 508 g/mol. The van der Waals surface area contributed by atoms with Crippen molar-refractivity contribution in [1.82, 2.24) is 19.2 Å². The number of carbonyl (C=O) groups is 2. The lowest BCUT2D eigenvalue weighted by atomic mass is 10.00. The Labute approximate surface area is 182 Å². The average Bonchev–Trinajstić information content (AvgIpc) is 3.23. The molecule has 0 saturated carbocycles. The molecule has 4 rings (SSSR count). The van der Waals surface area contributed by atoms with E-state index in [1.165, 1.54) is 11.1 Å². The normalized spacial score (nSPS) is 22.9. The second-order valence-corrected chi connectivity index (χ2v) is 8.65. The Hall–Kier alpha value is -1.85. The minimum Gasteiger partial charge on any atom is -0.389 e. The van der Waals surface area contributed by atoms with Crippen LogP contribution in [0, 0.1) is 0 Å². The van der Waals surface area contributed by atoms with E-state index in [0.717, 1.165) is 16.9 Å². The molecule has 30 heavy (non-hydrogen) atoms. The summed E-state index contributed by atoms with van der Waals surface area (Å²) in [6.45, 7) is 0.736. The van der Waals surface area contributed by atoms with Crippen LogP contribution in [0.1, 0.15) is 35.3 Å². The van der Waals surface area contributed by atoms with Gasteiger partial charge in [-0.3, -0.25) is 14.0 Å². The third kappa shape index (κ3) is 3.67. The Balaban J connectivity index is 1.61. The summed E-state index contributed by atoms with van der Waals surface area (Å²) in [5.41, 5.74) is -1.82. The van der Waals surface area contributed by atoms with Gasteiger partial charge in [-0.2, -0.15) is 13.2 Å². The Bertz CT molecular complexity index is 1030. The molecular formula is C18H17BrClF3N4O3. The Morgan fingerprint density at radius 2 is 2.07 bits per heavy atom. The van der Waals surface area contributed by atoms with Crippen molar-refractivity contribution in [2.75, 3.05) is 19.6 Å². The van der Waals surface area contributed by atoms with Crippen LogP contribution in [-0.4, -0.2) is 67.9 Å². The first-order valence-corrected chi connectivity index (χ1v) is 10.5.